The summed E-state index contributed by atoms with van der Waals surface area (Å²) < 4.78 is 12.3. The lowest BCUT2D eigenvalue weighted by Gasteiger charge is -2.14. The van der Waals surface area contributed by atoms with E-state index in [0.717, 1.165) is 10.0 Å². The second-order valence-corrected chi connectivity index (χ2v) is 7.36. The van der Waals surface area contributed by atoms with Gasteiger partial charge in [-0.3, -0.25) is 4.79 Å². The van der Waals surface area contributed by atoms with E-state index in [9.17, 15) is 14.7 Å². The molecule has 150 valence electrons. The first-order valence-electron chi connectivity index (χ1n) is 8.82. The second-order valence-electron chi connectivity index (χ2n) is 6.44. The van der Waals surface area contributed by atoms with Crippen LogP contribution in [-0.4, -0.2) is 35.8 Å². The molecule has 1 N–H and O–H groups in total. The van der Waals surface area contributed by atoms with E-state index in [1.54, 1.807) is 4.57 Å². The van der Waals surface area contributed by atoms with Gasteiger partial charge >= 0.3 is 11.9 Å². The van der Waals surface area contributed by atoms with Crippen molar-refractivity contribution < 1.29 is 24.2 Å². The standard InChI is InChI=1S/C22H20BrNO5/c1-13-4-10-16(11-5-13)24-17(12-18(25)28-2)21(26)19(22(27)29-3)20(24)14-6-8-15(23)9-7-14/h4-11,26H,12H2,1-3H3. The molecule has 0 saturated carbocycles. The quantitative estimate of drug-likeness (QED) is 0.573. The first kappa shape index (κ1) is 20.7. The average Bonchev–Trinajstić information content (AvgIpc) is 3.00. The summed E-state index contributed by atoms with van der Waals surface area (Å²) in [5, 5.41) is 10.9. The predicted octanol–water partition coefficient (Wildman–Crippen LogP) is 4.42. The van der Waals surface area contributed by atoms with Crippen molar-refractivity contribution in [3.8, 4) is 22.7 Å². The van der Waals surface area contributed by atoms with Crippen LogP contribution in [0, 0.1) is 6.92 Å². The van der Waals surface area contributed by atoms with E-state index in [-0.39, 0.29) is 23.4 Å². The fraction of sp³-hybridized carbons (Fsp3) is 0.182. The molecule has 0 aliphatic rings. The van der Waals surface area contributed by atoms with Crippen LogP contribution in [0.25, 0.3) is 16.9 Å². The zero-order valence-corrected chi connectivity index (χ0v) is 17.8. The van der Waals surface area contributed by atoms with Crippen LogP contribution in [0.1, 0.15) is 21.6 Å². The van der Waals surface area contributed by atoms with Gasteiger partial charge in [-0.25, -0.2) is 4.79 Å². The summed E-state index contributed by atoms with van der Waals surface area (Å²) in [5.74, 6) is -1.54. The maximum atomic E-state index is 12.6. The largest absolute Gasteiger partial charge is 0.505 e. The molecular formula is C22H20BrNO5. The molecule has 2 aromatic carbocycles. The molecule has 0 fully saturated rings. The lowest BCUT2D eigenvalue weighted by Crippen LogP contribution is -2.10. The number of ether oxygens (including phenoxy) is 2. The zero-order valence-electron chi connectivity index (χ0n) is 16.2. The second kappa shape index (κ2) is 8.53. The summed E-state index contributed by atoms with van der Waals surface area (Å²) in [4.78, 5) is 24.6. The van der Waals surface area contributed by atoms with Crippen LogP contribution in [0.2, 0.25) is 0 Å². The number of halogens is 1. The Labute approximate surface area is 176 Å². The molecule has 1 aromatic heterocycles. The fourth-order valence-electron chi connectivity index (χ4n) is 3.14. The van der Waals surface area contributed by atoms with Crippen LogP contribution < -0.4 is 0 Å². The van der Waals surface area contributed by atoms with Crippen molar-refractivity contribution in [2.24, 2.45) is 0 Å². The molecular weight excluding hydrogens is 438 g/mol. The molecule has 3 aromatic rings. The number of carbonyl (C=O) groups is 2. The van der Waals surface area contributed by atoms with E-state index in [1.807, 2.05) is 55.5 Å². The molecule has 0 radical (unpaired) electrons. The maximum Gasteiger partial charge on any atom is 0.343 e. The van der Waals surface area contributed by atoms with Gasteiger partial charge in [0.15, 0.2) is 5.75 Å². The molecule has 0 bridgehead atoms. The van der Waals surface area contributed by atoms with Gasteiger partial charge < -0.3 is 19.1 Å². The first-order valence-corrected chi connectivity index (χ1v) is 9.61. The summed E-state index contributed by atoms with van der Waals surface area (Å²) in [6.45, 7) is 1.96. The van der Waals surface area contributed by atoms with E-state index >= 15 is 0 Å². The minimum Gasteiger partial charge on any atom is -0.505 e. The summed E-state index contributed by atoms with van der Waals surface area (Å²) in [7, 11) is 2.52. The summed E-state index contributed by atoms with van der Waals surface area (Å²) in [6.07, 6.45) is -0.212. The number of nitrogens with zero attached hydrogens (tertiary/aromatic N) is 1. The molecule has 0 aliphatic carbocycles. The number of esters is 2. The van der Waals surface area contributed by atoms with E-state index in [2.05, 4.69) is 15.9 Å². The van der Waals surface area contributed by atoms with Crippen LogP contribution in [0.5, 0.6) is 5.75 Å². The summed E-state index contributed by atoms with van der Waals surface area (Å²) >= 11 is 3.40. The number of benzene rings is 2. The molecule has 7 heteroatoms. The number of hydrogen-bond donors (Lipinski definition) is 1. The van der Waals surface area contributed by atoms with Crippen LogP contribution >= 0.6 is 15.9 Å². The number of methoxy groups -OCH3 is 2. The van der Waals surface area contributed by atoms with Crippen molar-refractivity contribution in [2.75, 3.05) is 14.2 Å². The Balaban J connectivity index is 2.39. The SMILES string of the molecule is COC(=O)Cc1c(O)c(C(=O)OC)c(-c2ccc(Br)cc2)n1-c1ccc(C)cc1. The van der Waals surface area contributed by atoms with Crippen molar-refractivity contribution >= 4 is 27.9 Å². The highest BCUT2D eigenvalue weighted by atomic mass is 79.9. The van der Waals surface area contributed by atoms with Gasteiger partial charge in [-0.1, -0.05) is 45.8 Å². The molecule has 1 heterocycles. The van der Waals surface area contributed by atoms with Crippen molar-refractivity contribution in [1.82, 2.24) is 4.57 Å². The van der Waals surface area contributed by atoms with Gasteiger partial charge in [-0.15, -0.1) is 0 Å². The Morgan fingerprint density at radius 2 is 1.62 bits per heavy atom. The van der Waals surface area contributed by atoms with Crippen molar-refractivity contribution in [3.63, 3.8) is 0 Å². The average molecular weight is 458 g/mol. The van der Waals surface area contributed by atoms with Crippen LogP contribution in [-0.2, 0) is 20.7 Å². The Morgan fingerprint density at radius 1 is 1.00 bits per heavy atom. The molecule has 0 aliphatic heterocycles. The number of aromatic hydroxyl groups is 1. The van der Waals surface area contributed by atoms with E-state index in [1.165, 1.54) is 14.2 Å². The molecule has 0 spiro atoms. The number of rotatable bonds is 5. The van der Waals surface area contributed by atoms with Gasteiger partial charge in [0, 0.05) is 10.2 Å². The van der Waals surface area contributed by atoms with Gasteiger partial charge in [0.05, 0.1) is 32.0 Å². The Bertz CT molecular complexity index is 1050. The van der Waals surface area contributed by atoms with Crippen molar-refractivity contribution in [3.05, 3.63) is 69.8 Å². The van der Waals surface area contributed by atoms with E-state index in [0.29, 0.717) is 16.9 Å². The van der Waals surface area contributed by atoms with E-state index in [4.69, 9.17) is 9.47 Å². The molecule has 0 atom stereocenters. The Kier molecular flexibility index (Phi) is 6.08. The highest BCUT2D eigenvalue weighted by Crippen LogP contribution is 2.40. The van der Waals surface area contributed by atoms with Crippen molar-refractivity contribution in [1.29, 1.82) is 0 Å². The third kappa shape index (κ3) is 4.05. The third-order valence-corrected chi connectivity index (χ3v) is 5.11. The van der Waals surface area contributed by atoms with Gasteiger partial charge in [0.25, 0.3) is 0 Å². The molecule has 3 rings (SSSR count). The monoisotopic (exact) mass is 457 g/mol. The topological polar surface area (TPSA) is 77.8 Å². The van der Waals surface area contributed by atoms with Gasteiger partial charge in [-0.05, 0) is 36.8 Å². The number of aryl methyl sites for hydroxylation is 1. The molecule has 0 unspecified atom stereocenters. The molecule has 29 heavy (non-hydrogen) atoms. The van der Waals surface area contributed by atoms with Crippen LogP contribution in [0.3, 0.4) is 0 Å². The predicted molar refractivity (Wildman–Crippen MR) is 112 cm³/mol. The Hall–Kier alpha value is -3.06. The lowest BCUT2D eigenvalue weighted by atomic mass is 10.1. The molecule has 6 nitrogen and oxygen atoms in total. The number of carbonyl (C=O) groups excluding carboxylic acids is 2. The number of hydrogen-bond acceptors (Lipinski definition) is 5. The minimum absolute atomic E-state index is 0.00528. The molecule has 0 amide bonds. The Morgan fingerprint density at radius 3 is 2.17 bits per heavy atom. The van der Waals surface area contributed by atoms with Gasteiger partial charge in [0.1, 0.15) is 5.56 Å². The first-order chi connectivity index (χ1) is 13.9. The number of aromatic nitrogens is 1. The zero-order chi connectivity index (χ0) is 21.1. The smallest absolute Gasteiger partial charge is 0.343 e. The normalized spacial score (nSPS) is 10.6. The van der Waals surface area contributed by atoms with Crippen LogP contribution in [0.15, 0.2) is 53.0 Å². The minimum atomic E-state index is -0.697. The molecule has 0 saturated heterocycles. The fourth-order valence-corrected chi connectivity index (χ4v) is 3.40. The van der Waals surface area contributed by atoms with E-state index < -0.39 is 11.9 Å². The lowest BCUT2D eigenvalue weighted by molar-refractivity contribution is -0.139. The third-order valence-electron chi connectivity index (χ3n) is 4.58. The van der Waals surface area contributed by atoms with Crippen molar-refractivity contribution in [2.45, 2.75) is 13.3 Å². The maximum absolute atomic E-state index is 12.6. The van der Waals surface area contributed by atoms with Crippen LogP contribution in [0.4, 0.5) is 0 Å². The summed E-state index contributed by atoms with van der Waals surface area (Å²) in [5.41, 5.74) is 3.11. The highest BCUT2D eigenvalue weighted by molar-refractivity contribution is 9.10. The van der Waals surface area contributed by atoms with Gasteiger partial charge in [-0.2, -0.15) is 0 Å². The highest BCUT2D eigenvalue weighted by Gasteiger charge is 2.30. The van der Waals surface area contributed by atoms with Gasteiger partial charge in [0.2, 0.25) is 0 Å². The summed E-state index contributed by atoms with van der Waals surface area (Å²) in [6, 6.07) is 14.8.